The number of amides is 1. The van der Waals surface area contributed by atoms with Crippen molar-refractivity contribution >= 4 is 33.6 Å². The number of nitrogens with zero attached hydrogens (tertiary/aromatic N) is 2. The van der Waals surface area contributed by atoms with Gasteiger partial charge in [-0.05, 0) is 22.0 Å². The SMILES string of the molecule is O=C(c1cncc(Br)c1)N1CCC2(CC1)OCCS2. The Hall–Kier alpha value is -0.590. The highest BCUT2D eigenvalue weighted by Gasteiger charge is 2.40. The van der Waals surface area contributed by atoms with Crippen molar-refractivity contribution in [3.05, 3.63) is 28.5 Å². The summed E-state index contributed by atoms with van der Waals surface area (Å²) >= 11 is 5.24. The van der Waals surface area contributed by atoms with Crippen molar-refractivity contribution in [2.45, 2.75) is 17.8 Å². The molecule has 2 saturated heterocycles. The molecule has 4 nitrogen and oxygen atoms in total. The van der Waals surface area contributed by atoms with Gasteiger partial charge in [0.25, 0.3) is 5.91 Å². The van der Waals surface area contributed by atoms with E-state index in [4.69, 9.17) is 4.74 Å². The van der Waals surface area contributed by atoms with Crippen molar-refractivity contribution in [2.24, 2.45) is 0 Å². The molecule has 0 saturated carbocycles. The van der Waals surface area contributed by atoms with Gasteiger partial charge in [-0.15, -0.1) is 11.8 Å². The van der Waals surface area contributed by atoms with Crippen molar-refractivity contribution in [1.82, 2.24) is 9.88 Å². The zero-order chi connectivity index (χ0) is 13.3. The topological polar surface area (TPSA) is 42.4 Å². The van der Waals surface area contributed by atoms with Crippen molar-refractivity contribution < 1.29 is 9.53 Å². The average Bonchev–Trinajstić information content (AvgIpc) is 2.87. The molecule has 0 aliphatic carbocycles. The van der Waals surface area contributed by atoms with Crippen LogP contribution in [0.1, 0.15) is 23.2 Å². The first kappa shape index (κ1) is 13.4. The molecule has 19 heavy (non-hydrogen) atoms. The van der Waals surface area contributed by atoms with Crippen LogP contribution in [-0.4, -0.2) is 46.2 Å². The minimum absolute atomic E-state index is 0.0215. The molecule has 3 rings (SSSR count). The Kier molecular flexibility index (Phi) is 3.82. The van der Waals surface area contributed by atoms with Crippen LogP contribution in [0.25, 0.3) is 0 Å². The molecule has 2 fully saturated rings. The lowest BCUT2D eigenvalue weighted by Crippen LogP contribution is -2.45. The lowest BCUT2D eigenvalue weighted by atomic mass is 10.1. The summed E-state index contributed by atoms with van der Waals surface area (Å²) in [7, 11) is 0. The van der Waals surface area contributed by atoms with Crippen LogP contribution in [0.15, 0.2) is 22.9 Å². The monoisotopic (exact) mass is 342 g/mol. The molecule has 0 bridgehead atoms. The second-order valence-corrected chi connectivity index (χ2v) is 7.15. The van der Waals surface area contributed by atoms with Gasteiger partial charge >= 0.3 is 0 Å². The van der Waals surface area contributed by atoms with Crippen LogP contribution < -0.4 is 0 Å². The largest absolute Gasteiger partial charge is 0.363 e. The number of hydrogen-bond acceptors (Lipinski definition) is 4. The van der Waals surface area contributed by atoms with Crippen LogP contribution >= 0.6 is 27.7 Å². The Morgan fingerprint density at radius 3 is 2.84 bits per heavy atom. The fraction of sp³-hybridized carbons (Fsp3) is 0.538. The Morgan fingerprint density at radius 2 is 2.21 bits per heavy atom. The molecule has 0 atom stereocenters. The maximum Gasteiger partial charge on any atom is 0.255 e. The van der Waals surface area contributed by atoms with Crippen molar-refractivity contribution in [2.75, 3.05) is 25.4 Å². The number of piperidine rings is 1. The van der Waals surface area contributed by atoms with E-state index < -0.39 is 0 Å². The molecule has 2 aliphatic rings. The Balaban J connectivity index is 1.66. The number of carbonyl (C=O) groups is 1. The molecule has 0 radical (unpaired) electrons. The molecule has 1 amide bonds. The van der Waals surface area contributed by atoms with E-state index in [1.807, 2.05) is 22.7 Å². The number of ether oxygens (including phenoxy) is 1. The number of carbonyl (C=O) groups excluding carboxylic acids is 1. The summed E-state index contributed by atoms with van der Waals surface area (Å²) < 4.78 is 6.67. The van der Waals surface area contributed by atoms with E-state index in [1.54, 1.807) is 12.4 Å². The van der Waals surface area contributed by atoms with Gasteiger partial charge in [-0.1, -0.05) is 0 Å². The fourth-order valence-corrected chi connectivity index (χ4v) is 4.09. The molecule has 1 spiro atoms. The molecule has 0 N–H and O–H groups in total. The summed E-state index contributed by atoms with van der Waals surface area (Å²) in [6.07, 6.45) is 5.15. The highest BCUT2D eigenvalue weighted by molar-refractivity contribution is 9.10. The molecular formula is C13H15BrN2O2S. The number of pyridine rings is 1. The maximum atomic E-state index is 12.4. The van der Waals surface area contributed by atoms with Crippen LogP contribution in [0.4, 0.5) is 0 Å². The Bertz CT molecular complexity index is 481. The van der Waals surface area contributed by atoms with Gasteiger partial charge in [0.1, 0.15) is 4.93 Å². The normalized spacial score (nSPS) is 21.8. The van der Waals surface area contributed by atoms with Crippen LogP contribution in [0, 0.1) is 0 Å². The van der Waals surface area contributed by atoms with E-state index in [-0.39, 0.29) is 10.8 Å². The Morgan fingerprint density at radius 1 is 1.42 bits per heavy atom. The second-order valence-electron chi connectivity index (χ2n) is 4.79. The molecular weight excluding hydrogens is 328 g/mol. The van der Waals surface area contributed by atoms with E-state index in [0.717, 1.165) is 42.8 Å². The summed E-state index contributed by atoms with van der Waals surface area (Å²) in [5.41, 5.74) is 0.644. The molecule has 3 heterocycles. The summed E-state index contributed by atoms with van der Waals surface area (Å²) in [6, 6.07) is 1.82. The van der Waals surface area contributed by atoms with E-state index >= 15 is 0 Å². The summed E-state index contributed by atoms with van der Waals surface area (Å²) in [6.45, 7) is 2.37. The van der Waals surface area contributed by atoms with Gasteiger partial charge in [-0.2, -0.15) is 0 Å². The highest BCUT2D eigenvalue weighted by Crippen LogP contribution is 2.41. The molecule has 0 unspecified atom stereocenters. The van der Waals surface area contributed by atoms with Crippen LogP contribution in [0.3, 0.4) is 0 Å². The number of hydrogen-bond donors (Lipinski definition) is 0. The third kappa shape index (κ3) is 2.80. The Labute approximate surface area is 125 Å². The molecule has 2 aliphatic heterocycles. The molecule has 0 aromatic carbocycles. The lowest BCUT2D eigenvalue weighted by molar-refractivity contribution is 0.00351. The quantitative estimate of drug-likeness (QED) is 0.786. The minimum atomic E-state index is -0.0215. The molecule has 6 heteroatoms. The van der Waals surface area contributed by atoms with Gasteiger partial charge in [-0.3, -0.25) is 9.78 Å². The first-order valence-corrected chi connectivity index (χ1v) is 8.14. The zero-order valence-electron chi connectivity index (χ0n) is 10.5. The molecule has 1 aromatic rings. The van der Waals surface area contributed by atoms with Crippen molar-refractivity contribution in [3.8, 4) is 0 Å². The number of likely N-dealkylation sites (tertiary alicyclic amines) is 1. The van der Waals surface area contributed by atoms with Gasteiger partial charge < -0.3 is 9.64 Å². The summed E-state index contributed by atoms with van der Waals surface area (Å²) in [4.78, 5) is 18.3. The zero-order valence-corrected chi connectivity index (χ0v) is 12.9. The van der Waals surface area contributed by atoms with E-state index in [2.05, 4.69) is 20.9 Å². The lowest BCUT2D eigenvalue weighted by Gasteiger charge is -2.37. The molecule has 1 aromatic heterocycles. The van der Waals surface area contributed by atoms with Gasteiger partial charge in [0.05, 0.1) is 12.2 Å². The number of aromatic nitrogens is 1. The van der Waals surface area contributed by atoms with Gasteiger partial charge in [0, 0.05) is 48.6 Å². The third-order valence-electron chi connectivity index (χ3n) is 3.58. The second kappa shape index (κ2) is 5.42. The highest BCUT2D eigenvalue weighted by atomic mass is 79.9. The standard InChI is InChI=1S/C13H15BrN2O2S/c14-11-7-10(8-15-9-11)12(17)16-3-1-13(2-4-16)18-5-6-19-13/h7-9H,1-6H2. The average molecular weight is 343 g/mol. The van der Waals surface area contributed by atoms with E-state index in [1.165, 1.54) is 0 Å². The van der Waals surface area contributed by atoms with Crippen molar-refractivity contribution in [3.63, 3.8) is 0 Å². The van der Waals surface area contributed by atoms with Crippen LogP contribution in [0.5, 0.6) is 0 Å². The number of halogens is 1. The van der Waals surface area contributed by atoms with E-state index in [0.29, 0.717) is 5.56 Å². The third-order valence-corrected chi connectivity index (χ3v) is 5.43. The smallest absolute Gasteiger partial charge is 0.255 e. The number of thioether (sulfide) groups is 1. The number of rotatable bonds is 1. The van der Waals surface area contributed by atoms with E-state index in [9.17, 15) is 4.79 Å². The maximum absolute atomic E-state index is 12.4. The van der Waals surface area contributed by atoms with Gasteiger partial charge in [0.15, 0.2) is 0 Å². The van der Waals surface area contributed by atoms with Crippen molar-refractivity contribution in [1.29, 1.82) is 0 Å². The van der Waals surface area contributed by atoms with Crippen LogP contribution in [0.2, 0.25) is 0 Å². The minimum Gasteiger partial charge on any atom is -0.363 e. The fourth-order valence-electron chi connectivity index (χ4n) is 2.55. The molecule has 102 valence electrons. The van der Waals surface area contributed by atoms with Gasteiger partial charge in [0.2, 0.25) is 0 Å². The van der Waals surface area contributed by atoms with Gasteiger partial charge in [-0.25, -0.2) is 0 Å². The predicted octanol–water partition coefficient (Wildman–Crippen LogP) is 2.54. The predicted molar refractivity (Wildman–Crippen MR) is 78.2 cm³/mol. The van der Waals surface area contributed by atoms with Crippen LogP contribution in [-0.2, 0) is 4.74 Å². The first-order chi connectivity index (χ1) is 9.19. The summed E-state index contributed by atoms with van der Waals surface area (Å²) in [5.74, 6) is 1.13. The first-order valence-electron chi connectivity index (χ1n) is 6.36. The summed E-state index contributed by atoms with van der Waals surface area (Å²) in [5, 5.41) is 0.